The van der Waals surface area contributed by atoms with Crippen molar-refractivity contribution in [1.29, 1.82) is 0 Å². The van der Waals surface area contributed by atoms with Crippen LogP contribution in [0.25, 0.3) is 5.65 Å². The number of pyridine rings is 1. The van der Waals surface area contributed by atoms with Gasteiger partial charge in [0.25, 0.3) is 0 Å². The molecule has 0 radical (unpaired) electrons. The van der Waals surface area contributed by atoms with Gasteiger partial charge in [0.05, 0.1) is 0 Å². The van der Waals surface area contributed by atoms with Crippen LogP contribution in [0, 0.1) is 6.92 Å². The molecule has 2 heterocycles. The molecule has 0 fully saturated rings. The Morgan fingerprint density at radius 3 is 2.77 bits per heavy atom. The number of aromatic nitrogens is 3. The molecule has 0 atom stereocenters. The van der Waals surface area contributed by atoms with Gasteiger partial charge in [0.15, 0.2) is 5.16 Å². The van der Waals surface area contributed by atoms with E-state index in [1.807, 2.05) is 19.1 Å². The van der Waals surface area contributed by atoms with Gasteiger partial charge in [0.2, 0.25) is 0 Å². The van der Waals surface area contributed by atoms with Crippen LogP contribution in [0.3, 0.4) is 0 Å². The highest BCUT2D eigenvalue weighted by molar-refractivity contribution is 7.98. The Bertz CT molecular complexity index is 911. The summed E-state index contributed by atoms with van der Waals surface area (Å²) < 4.78 is 1.44. The highest BCUT2D eigenvalue weighted by atomic mass is 35.5. The van der Waals surface area contributed by atoms with Gasteiger partial charge >= 0.3 is 5.69 Å². The Morgan fingerprint density at radius 1 is 1.18 bits per heavy atom. The lowest BCUT2D eigenvalue weighted by Crippen LogP contribution is -2.19. The fourth-order valence-corrected chi connectivity index (χ4v) is 3.34. The van der Waals surface area contributed by atoms with E-state index in [-0.39, 0.29) is 5.69 Å². The summed E-state index contributed by atoms with van der Waals surface area (Å²) in [4.78, 5) is 20.4. The molecule has 2 aromatic heterocycles. The molecule has 0 saturated heterocycles. The Balaban J connectivity index is 1.88. The second-order valence-corrected chi connectivity index (χ2v) is 6.53. The highest BCUT2D eigenvalue weighted by Crippen LogP contribution is 2.26. The van der Waals surface area contributed by atoms with E-state index in [0.29, 0.717) is 26.6 Å². The molecule has 7 heteroatoms. The standard InChI is InChI=1S/C15H11Cl2N3OS/c1-9-2-5-13-18-14(19-15(21)20(13)7-9)22-8-10-3-4-11(16)6-12(10)17/h2-7H,8H2,1H3. The summed E-state index contributed by atoms with van der Waals surface area (Å²) in [5.74, 6) is 0.567. The van der Waals surface area contributed by atoms with E-state index in [1.54, 1.807) is 24.4 Å². The number of aryl methyl sites for hydroxylation is 1. The van der Waals surface area contributed by atoms with Gasteiger partial charge < -0.3 is 0 Å². The van der Waals surface area contributed by atoms with Crippen molar-refractivity contribution in [3.63, 3.8) is 0 Å². The van der Waals surface area contributed by atoms with Crippen molar-refractivity contribution in [3.8, 4) is 0 Å². The van der Waals surface area contributed by atoms with E-state index >= 15 is 0 Å². The third-order valence-electron chi connectivity index (χ3n) is 3.05. The molecule has 0 amide bonds. The van der Waals surface area contributed by atoms with Gasteiger partial charge in [-0.05, 0) is 36.2 Å². The van der Waals surface area contributed by atoms with E-state index in [9.17, 15) is 4.79 Å². The summed E-state index contributed by atoms with van der Waals surface area (Å²) in [7, 11) is 0. The second kappa shape index (κ2) is 6.28. The lowest BCUT2D eigenvalue weighted by atomic mass is 10.2. The summed E-state index contributed by atoms with van der Waals surface area (Å²) in [5.41, 5.74) is 2.14. The van der Waals surface area contributed by atoms with Gasteiger partial charge in [0, 0.05) is 22.0 Å². The van der Waals surface area contributed by atoms with E-state index in [1.165, 1.54) is 16.2 Å². The zero-order valence-electron chi connectivity index (χ0n) is 11.6. The molecule has 0 aliphatic heterocycles. The number of benzene rings is 1. The first-order valence-electron chi connectivity index (χ1n) is 6.47. The van der Waals surface area contributed by atoms with Crippen LogP contribution in [-0.2, 0) is 5.75 Å². The van der Waals surface area contributed by atoms with Crippen LogP contribution in [0.4, 0.5) is 0 Å². The van der Waals surface area contributed by atoms with Crippen molar-refractivity contribution >= 4 is 40.6 Å². The Labute approximate surface area is 141 Å². The smallest absolute Gasteiger partial charge is 0.251 e. The summed E-state index contributed by atoms with van der Waals surface area (Å²) in [6.07, 6.45) is 1.72. The minimum atomic E-state index is -0.335. The average molecular weight is 352 g/mol. The molecule has 4 nitrogen and oxygen atoms in total. The lowest BCUT2D eigenvalue weighted by Gasteiger charge is -2.05. The molecule has 0 bridgehead atoms. The van der Waals surface area contributed by atoms with Crippen LogP contribution in [0.5, 0.6) is 0 Å². The fourth-order valence-electron chi connectivity index (χ4n) is 1.95. The van der Waals surface area contributed by atoms with Crippen molar-refractivity contribution in [2.75, 3.05) is 0 Å². The van der Waals surface area contributed by atoms with E-state index in [2.05, 4.69) is 9.97 Å². The lowest BCUT2D eigenvalue weighted by molar-refractivity contribution is 0.843. The van der Waals surface area contributed by atoms with Crippen molar-refractivity contribution in [3.05, 3.63) is 68.2 Å². The summed E-state index contributed by atoms with van der Waals surface area (Å²) in [5, 5.41) is 1.61. The molecule has 0 spiro atoms. The zero-order valence-corrected chi connectivity index (χ0v) is 13.9. The van der Waals surface area contributed by atoms with Crippen molar-refractivity contribution < 1.29 is 0 Å². The molecule has 3 rings (SSSR count). The average Bonchev–Trinajstić information content (AvgIpc) is 2.47. The first-order chi connectivity index (χ1) is 10.5. The quantitative estimate of drug-likeness (QED) is 0.669. The molecule has 22 heavy (non-hydrogen) atoms. The van der Waals surface area contributed by atoms with Crippen LogP contribution in [0.2, 0.25) is 10.0 Å². The maximum Gasteiger partial charge on any atom is 0.355 e. The first-order valence-corrected chi connectivity index (χ1v) is 8.21. The van der Waals surface area contributed by atoms with Crippen LogP contribution < -0.4 is 5.69 Å². The van der Waals surface area contributed by atoms with E-state index < -0.39 is 0 Å². The Hall–Kier alpha value is -1.56. The van der Waals surface area contributed by atoms with Crippen LogP contribution >= 0.6 is 35.0 Å². The largest absolute Gasteiger partial charge is 0.355 e. The first kappa shape index (κ1) is 15.3. The minimum Gasteiger partial charge on any atom is -0.251 e. The number of halogens is 2. The van der Waals surface area contributed by atoms with Gasteiger partial charge in [-0.3, -0.25) is 4.40 Å². The molecular formula is C15H11Cl2N3OS. The number of nitrogens with zero attached hydrogens (tertiary/aromatic N) is 3. The van der Waals surface area contributed by atoms with Crippen LogP contribution in [-0.4, -0.2) is 14.4 Å². The summed E-state index contributed by atoms with van der Waals surface area (Å²) in [6, 6.07) is 9.04. The molecule has 112 valence electrons. The maximum atomic E-state index is 12.0. The minimum absolute atomic E-state index is 0.335. The molecule has 1 aromatic carbocycles. The predicted octanol–water partition coefficient (Wildman–Crippen LogP) is 4.00. The van der Waals surface area contributed by atoms with E-state index in [0.717, 1.165) is 11.1 Å². The monoisotopic (exact) mass is 351 g/mol. The molecule has 0 aliphatic carbocycles. The third kappa shape index (κ3) is 3.27. The predicted molar refractivity (Wildman–Crippen MR) is 90.0 cm³/mol. The number of rotatable bonds is 3. The molecule has 0 N–H and O–H groups in total. The van der Waals surface area contributed by atoms with Crippen LogP contribution in [0.1, 0.15) is 11.1 Å². The van der Waals surface area contributed by atoms with E-state index in [4.69, 9.17) is 23.2 Å². The molecular weight excluding hydrogens is 341 g/mol. The maximum absolute atomic E-state index is 12.0. The third-order valence-corrected chi connectivity index (χ3v) is 4.54. The van der Waals surface area contributed by atoms with Crippen LogP contribution in [0.15, 0.2) is 46.5 Å². The number of thioether (sulfide) groups is 1. The highest BCUT2D eigenvalue weighted by Gasteiger charge is 2.07. The van der Waals surface area contributed by atoms with Crippen molar-refractivity contribution in [2.45, 2.75) is 17.8 Å². The number of hydrogen-bond acceptors (Lipinski definition) is 4. The molecule has 0 aliphatic rings. The van der Waals surface area contributed by atoms with Gasteiger partial charge in [-0.2, -0.15) is 4.98 Å². The summed E-state index contributed by atoms with van der Waals surface area (Å²) in [6.45, 7) is 1.91. The zero-order chi connectivity index (χ0) is 15.7. The van der Waals surface area contributed by atoms with Gasteiger partial charge in [-0.25, -0.2) is 9.78 Å². The number of hydrogen-bond donors (Lipinski definition) is 0. The summed E-state index contributed by atoms with van der Waals surface area (Å²) >= 11 is 13.4. The second-order valence-electron chi connectivity index (χ2n) is 4.75. The van der Waals surface area contributed by atoms with Gasteiger partial charge in [-0.1, -0.05) is 47.1 Å². The normalized spacial score (nSPS) is 11.0. The topological polar surface area (TPSA) is 47.3 Å². The van der Waals surface area contributed by atoms with Gasteiger partial charge in [0.1, 0.15) is 5.65 Å². The van der Waals surface area contributed by atoms with Crippen molar-refractivity contribution in [2.24, 2.45) is 0 Å². The van der Waals surface area contributed by atoms with Crippen molar-refractivity contribution in [1.82, 2.24) is 14.4 Å². The number of fused-ring (bicyclic) bond motifs is 1. The fraction of sp³-hybridized carbons (Fsp3) is 0.133. The molecule has 0 saturated carbocycles. The van der Waals surface area contributed by atoms with Gasteiger partial charge in [-0.15, -0.1) is 0 Å². The Kier molecular flexibility index (Phi) is 4.38. The molecule has 3 aromatic rings. The molecule has 0 unspecified atom stereocenters. The Morgan fingerprint density at radius 2 is 2.00 bits per heavy atom. The SMILES string of the molecule is Cc1ccc2nc(SCc3ccc(Cl)cc3Cl)nc(=O)n2c1.